The highest BCUT2D eigenvalue weighted by atomic mass is 32.1. The highest BCUT2D eigenvalue weighted by Crippen LogP contribution is 2.38. The largest absolute Gasteiger partial charge is 0.384 e. The second kappa shape index (κ2) is 8.61. The lowest BCUT2D eigenvalue weighted by Gasteiger charge is -2.36. The predicted octanol–water partition coefficient (Wildman–Crippen LogP) is 2.13. The van der Waals surface area contributed by atoms with Crippen LogP contribution in [-0.4, -0.2) is 44.2 Å². The average molecular weight is 360 g/mol. The molecule has 2 N–H and O–H groups in total. The molecule has 1 atom stereocenters. The summed E-state index contributed by atoms with van der Waals surface area (Å²) in [4.78, 5) is 16.4. The van der Waals surface area contributed by atoms with Crippen LogP contribution in [0.1, 0.15) is 34.0 Å². The van der Waals surface area contributed by atoms with Crippen molar-refractivity contribution in [1.82, 2.24) is 4.90 Å². The van der Waals surface area contributed by atoms with Crippen molar-refractivity contribution in [2.75, 3.05) is 33.4 Å². The summed E-state index contributed by atoms with van der Waals surface area (Å²) in [6.45, 7) is 5.11. The van der Waals surface area contributed by atoms with Gasteiger partial charge in [-0.15, -0.1) is 11.3 Å². The molecule has 0 unspecified atom stereocenters. The number of ether oxygens (including phenoxy) is 1. The summed E-state index contributed by atoms with van der Waals surface area (Å²) in [5.74, 6) is 0.225. The molecule has 0 radical (unpaired) electrons. The van der Waals surface area contributed by atoms with Crippen LogP contribution in [0.5, 0.6) is 0 Å². The van der Waals surface area contributed by atoms with Crippen molar-refractivity contribution in [1.29, 1.82) is 0 Å². The van der Waals surface area contributed by atoms with E-state index in [2.05, 4.69) is 52.9 Å². The van der Waals surface area contributed by atoms with Gasteiger partial charge in [0.25, 0.3) is 5.91 Å². The van der Waals surface area contributed by atoms with E-state index in [1.54, 1.807) is 7.11 Å². The number of amides is 1. The number of carbonyl (C=O) groups is 1. The molecule has 1 aliphatic heterocycles. The number of carbonyl (C=O) groups excluding carboxylic acids is 1. The predicted molar refractivity (Wildman–Crippen MR) is 101 cm³/mol. The second-order valence-electron chi connectivity index (χ2n) is 6.52. The first-order valence-corrected chi connectivity index (χ1v) is 9.82. The van der Waals surface area contributed by atoms with E-state index in [-0.39, 0.29) is 11.9 Å². The summed E-state index contributed by atoms with van der Waals surface area (Å²) in [6.07, 6.45) is 1.93. The fourth-order valence-corrected chi connectivity index (χ4v) is 4.43. The fraction of sp³-hybridized carbons (Fsp3) is 0.450. The number of nitrogens with two attached hydrogens (primary N) is 1. The zero-order chi connectivity index (χ0) is 17.6. The Hall–Kier alpha value is -1.69. The number of hydrogen-bond donors (Lipinski definition) is 1. The topological polar surface area (TPSA) is 46.1 Å². The zero-order valence-corrected chi connectivity index (χ0v) is 15.8. The van der Waals surface area contributed by atoms with E-state index in [9.17, 15) is 4.79 Å². The van der Waals surface area contributed by atoms with Crippen molar-refractivity contribution in [2.24, 2.45) is 0 Å². The Balaban J connectivity index is 1.78. The standard InChI is InChI=1S/C20H26N2O2S/c1-15-6-3-4-7-16(15)20-17-9-13-25-18(17)8-11-22(20)19(23)14-21-10-5-12-24-2/h3-4,6-7,9,13,20-21H,5,8,10-12,14H2,1-2H3/p+1/t20-/m1/s1. The number of hydrogen-bond acceptors (Lipinski definition) is 3. The number of fused-ring (bicyclic) bond motifs is 1. The molecular weight excluding hydrogens is 332 g/mol. The molecule has 0 bridgehead atoms. The number of methoxy groups -OCH3 is 1. The van der Waals surface area contributed by atoms with Gasteiger partial charge in [-0.2, -0.15) is 0 Å². The van der Waals surface area contributed by atoms with Crippen LogP contribution in [0.3, 0.4) is 0 Å². The van der Waals surface area contributed by atoms with Crippen molar-refractivity contribution in [3.8, 4) is 0 Å². The molecule has 1 aromatic heterocycles. The number of nitrogens with zero attached hydrogens (tertiary/aromatic N) is 1. The third kappa shape index (κ3) is 4.11. The van der Waals surface area contributed by atoms with Gasteiger partial charge in [0.15, 0.2) is 6.54 Å². The molecule has 134 valence electrons. The summed E-state index contributed by atoms with van der Waals surface area (Å²) in [6, 6.07) is 10.7. The van der Waals surface area contributed by atoms with Crippen LogP contribution in [0.4, 0.5) is 0 Å². The van der Waals surface area contributed by atoms with E-state index >= 15 is 0 Å². The Kier molecular flexibility index (Phi) is 6.24. The SMILES string of the molecule is COCCC[NH2+]CC(=O)N1CCc2sccc2[C@H]1c1ccccc1C. The molecule has 3 rings (SSSR count). The van der Waals surface area contributed by atoms with Crippen molar-refractivity contribution in [2.45, 2.75) is 25.8 Å². The molecule has 1 amide bonds. The van der Waals surface area contributed by atoms with Gasteiger partial charge in [-0.1, -0.05) is 24.3 Å². The quantitative estimate of drug-likeness (QED) is 0.770. The Morgan fingerprint density at radius 3 is 2.96 bits per heavy atom. The monoisotopic (exact) mass is 359 g/mol. The van der Waals surface area contributed by atoms with Crippen molar-refractivity contribution >= 4 is 17.2 Å². The minimum atomic E-state index is 0.0519. The average Bonchev–Trinajstić information content (AvgIpc) is 3.10. The van der Waals surface area contributed by atoms with Crippen LogP contribution in [0, 0.1) is 6.92 Å². The number of rotatable bonds is 7. The summed E-state index contributed by atoms with van der Waals surface area (Å²) in [7, 11) is 1.71. The summed E-state index contributed by atoms with van der Waals surface area (Å²) in [5.41, 5.74) is 3.79. The van der Waals surface area contributed by atoms with Crippen molar-refractivity contribution in [3.05, 3.63) is 57.3 Å². The molecular formula is C20H27N2O2S+. The van der Waals surface area contributed by atoms with Crippen LogP contribution in [0.25, 0.3) is 0 Å². The number of quaternary nitrogens is 1. The Morgan fingerprint density at radius 2 is 2.16 bits per heavy atom. The van der Waals surface area contributed by atoms with Gasteiger partial charge in [-0.05, 0) is 41.5 Å². The molecule has 25 heavy (non-hydrogen) atoms. The van der Waals surface area contributed by atoms with Gasteiger partial charge in [-0.3, -0.25) is 4.79 Å². The summed E-state index contributed by atoms with van der Waals surface area (Å²) < 4.78 is 5.07. The highest BCUT2D eigenvalue weighted by Gasteiger charge is 2.33. The van der Waals surface area contributed by atoms with Gasteiger partial charge in [0.1, 0.15) is 0 Å². The van der Waals surface area contributed by atoms with Crippen LogP contribution < -0.4 is 5.32 Å². The lowest BCUT2D eigenvalue weighted by molar-refractivity contribution is -0.645. The molecule has 0 saturated carbocycles. The maximum Gasteiger partial charge on any atom is 0.278 e. The third-order valence-corrected chi connectivity index (χ3v) is 5.84. The number of aryl methyl sites for hydroxylation is 1. The number of benzene rings is 1. The van der Waals surface area contributed by atoms with Gasteiger partial charge in [0.05, 0.1) is 19.2 Å². The maximum atomic E-state index is 12.9. The Labute approximate surface area is 153 Å². The minimum Gasteiger partial charge on any atom is -0.384 e. The van der Waals surface area contributed by atoms with Gasteiger partial charge < -0.3 is 15.0 Å². The van der Waals surface area contributed by atoms with Crippen LogP contribution >= 0.6 is 11.3 Å². The molecule has 5 heteroatoms. The first-order chi connectivity index (χ1) is 12.2. The van der Waals surface area contributed by atoms with Gasteiger partial charge in [0, 0.05) is 25.0 Å². The zero-order valence-electron chi connectivity index (χ0n) is 15.0. The van der Waals surface area contributed by atoms with Crippen LogP contribution in [0.15, 0.2) is 35.7 Å². The lowest BCUT2D eigenvalue weighted by atomic mass is 9.90. The Bertz CT molecular complexity index is 713. The van der Waals surface area contributed by atoms with Gasteiger partial charge >= 0.3 is 0 Å². The summed E-state index contributed by atoms with van der Waals surface area (Å²) >= 11 is 1.81. The van der Waals surface area contributed by atoms with Crippen molar-refractivity contribution in [3.63, 3.8) is 0 Å². The van der Waals surface area contributed by atoms with Crippen molar-refractivity contribution < 1.29 is 14.8 Å². The van der Waals surface area contributed by atoms with Gasteiger partial charge in [0.2, 0.25) is 0 Å². The molecule has 0 saturated heterocycles. The first-order valence-electron chi connectivity index (χ1n) is 8.94. The fourth-order valence-electron chi connectivity index (χ4n) is 3.53. The van der Waals surface area contributed by atoms with Crippen LogP contribution in [0.2, 0.25) is 0 Å². The molecule has 1 aliphatic rings. The highest BCUT2D eigenvalue weighted by molar-refractivity contribution is 7.10. The molecule has 0 fully saturated rings. The smallest absolute Gasteiger partial charge is 0.278 e. The van der Waals surface area contributed by atoms with E-state index in [1.165, 1.54) is 21.6 Å². The van der Waals surface area contributed by atoms with E-state index in [1.807, 2.05) is 11.3 Å². The molecule has 1 aromatic carbocycles. The molecule has 4 nitrogen and oxygen atoms in total. The van der Waals surface area contributed by atoms with E-state index in [4.69, 9.17) is 4.74 Å². The maximum absolute atomic E-state index is 12.9. The molecule has 0 aliphatic carbocycles. The molecule has 2 heterocycles. The van der Waals surface area contributed by atoms with E-state index in [0.717, 1.165) is 32.5 Å². The normalized spacial score (nSPS) is 16.7. The Morgan fingerprint density at radius 1 is 1.32 bits per heavy atom. The molecule has 0 spiro atoms. The summed E-state index contributed by atoms with van der Waals surface area (Å²) in [5, 5.41) is 4.25. The second-order valence-corrected chi connectivity index (χ2v) is 7.52. The van der Waals surface area contributed by atoms with E-state index in [0.29, 0.717) is 6.54 Å². The van der Waals surface area contributed by atoms with Gasteiger partial charge in [-0.25, -0.2) is 0 Å². The van der Waals surface area contributed by atoms with E-state index < -0.39 is 0 Å². The number of thiophene rings is 1. The third-order valence-electron chi connectivity index (χ3n) is 4.84. The minimum absolute atomic E-state index is 0.0519. The van der Waals surface area contributed by atoms with Crippen LogP contribution in [-0.2, 0) is 16.0 Å². The first kappa shape index (κ1) is 18.1. The molecule has 2 aromatic rings. The lowest BCUT2D eigenvalue weighted by Crippen LogP contribution is -2.87.